The molecule has 1 aliphatic heterocycles. The van der Waals surface area contributed by atoms with Crippen molar-refractivity contribution in [3.63, 3.8) is 0 Å². The van der Waals surface area contributed by atoms with Crippen LogP contribution in [0, 0.1) is 0 Å². The fourth-order valence-corrected chi connectivity index (χ4v) is 3.65. The van der Waals surface area contributed by atoms with E-state index in [0.717, 1.165) is 43.5 Å². The Balaban J connectivity index is 1.69. The van der Waals surface area contributed by atoms with E-state index in [2.05, 4.69) is 17.1 Å². The van der Waals surface area contributed by atoms with E-state index < -0.39 is 0 Å². The van der Waals surface area contributed by atoms with Gasteiger partial charge < -0.3 is 14.8 Å². The Hall–Kier alpha value is -0.530. The van der Waals surface area contributed by atoms with Gasteiger partial charge in [0.2, 0.25) is 0 Å². The lowest BCUT2D eigenvalue weighted by Crippen LogP contribution is -2.38. The van der Waals surface area contributed by atoms with Crippen LogP contribution in [0.1, 0.15) is 41.4 Å². The van der Waals surface area contributed by atoms with Gasteiger partial charge in [-0.2, -0.15) is 0 Å². The van der Waals surface area contributed by atoms with Gasteiger partial charge in [0, 0.05) is 37.7 Å². The van der Waals surface area contributed by atoms with Crippen LogP contribution in [-0.2, 0) is 22.6 Å². The lowest BCUT2D eigenvalue weighted by molar-refractivity contribution is -0.0283. The zero-order chi connectivity index (χ0) is 14.7. The van der Waals surface area contributed by atoms with Crippen LogP contribution in [0.3, 0.4) is 0 Å². The fourth-order valence-electron chi connectivity index (χ4n) is 2.59. The largest absolute Gasteiger partial charge is 0.378 e. The van der Waals surface area contributed by atoms with Gasteiger partial charge in [-0.05, 0) is 19.4 Å². The molecule has 1 aromatic heterocycles. The predicted molar refractivity (Wildman–Crippen MR) is 83.5 cm³/mol. The van der Waals surface area contributed by atoms with E-state index >= 15 is 0 Å². The summed E-state index contributed by atoms with van der Waals surface area (Å²) in [6.45, 7) is 7.55. The number of rotatable bonds is 7. The zero-order valence-electron chi connectivity index (χ0n) is 12.9. The summed E-state index contributed by atoms with van der Waals surface area (Å²) < 4.78 is 11.2. The molecule has 1 N–H and O–H groups in total. The Bertz CT molecular complexity index is 462. The third kappa shape index (κ3) is 4.02. The van der Waals surface area contributed by atoms with E-state index in [1.807, 2.05) is 0 Å². The Labute approximate surface area is 130 Å². The van der Waals surface area contributed by atoms with Crippen molar-refractivity contribution in [3.05, 3.63) is 15.6 Å². The molecule has 1 saturated heterocycles. The van der Waals surface area contributed by atoms with Gasteiger partial charge in [-0.1, -0.05) is 6.92 Å². The number of hydrogen-bond donors (Lipinski definition) is 1. The van der Waals surface area contributed by atoms with Crippen LogP contribution >= 0.6 is 11.3 Å². The third-order valence-corrected chi connectivity index (χ3v) is 5.27. The molecule has 1 atom stereocenters. The number of ether oxygens (including phenoxy) is 2. The smallest absolute Gasteiger partial charge is 0.124 e. The summed E-state index contributed by atoms with van der Waals surface area (Å²) in [5.74, 6) is 0. The Morgan fingerprint density at radius 3 is 3.05 bits per heavy atom. The van der Waals surface area contributed by atoms with E-state index in [-0.39, 0.29) is 6.10 Å². The minimum Gasteiger partial charge on any atom is -0.378 e. The summed E-state index contributed by atoms with van der Waals surface area (Å²) in [4.78, 5) is 8.52. The average Bonchev–Trinajstić information content (AvgIpc) is 3.26. The number of likely N-dealkylation sites (N-methyl/N-ethyl adjacent to an activating group) is 1. The Morgan fingerprint density at radius 1 is 1.48 bits per heavy atom. The monoisotopic (exact) mass is 311 g/mol. The molecule has 1 aromatic rings. The van der Waals surface area contributed by atoms with E-state index in [0.29, 0.717) is 12.6 Å². The number of hydrogen-bond acceptors (Lipinski definition) is 6. The van der Waals surface area contributed by atoms with Crippen molar-refractivity contribution >= 4 is 11.3 Å². The number of methoxy groups -OCH3 is 1. The third-order valence-electron chi connectivity index (χ3n) is 4.08. The minimum absolute atomic E-state index is 0.119. The molecule has 0 amide bonds. The van der Waals surface area contributed by atoms with Crippen LogP contribution in [0.2, 0.25) is 0 Å². The first-order chi connectivity index (χ1) is 10.3. The summed E-state index contributed by atoms with van der Waals surface area (Å²) in [6.07, 6.45) is 2.74. The summed E-state index contributed by atoms with van der Waals surface area (Å²) in [5.41, 5.74) is 1.07. The quantitative estimate of drug-likeness (QED) is 0.834. The highest BCUT2D eigenvalue weighted by Crippen LogP contribution is 2.30. The highest BCUT2D eigenvalue weighted by molar-refractivity contribution is 7.11. The molecule has 5 nitrogen and oxygen atoms in total. The molecular formula is C15H25N3O2S. The molecular weight excluding hydrogens is 286 g/mol. The van der Waals surface area contributed by atoms with E-state index in [1.54, 1.807) is 18.4 Å². The van der Waals surface area contributed by atoms with Crippen molar-refractivity contribution < 1.29 is 9.47 Å². The van der Waals surface area contributed by atoms with Gasteiger partial charge in [0.1, 0.15) is 11.1 Å². The molecule has 0 spiro atoms. The molecule has 1 aliphatic carbocycles. The summed E-state index contributed by atoms with van der Waals surface area (Å²) in [6, 6.07) is 0.715. The second-order valence-corrected chi connectivity index (χ2v) is 6.88. The van der Waals surface area contributed by atoms with Crippen LogP contribution in [0.25, 0.3) is 0 Å². The highest BCUT2D eigenvalue weighted by atomic mass is 32.1. The second kappa shape index (κ2) is 7.15. The van der Waals surface area contributed by atoms with Crippen molar-refractivity contribution in [1.82, 2.24) is 15.2 Å². The average molecular weight is 311 g/mol. The number of nitrogens with one attached hydrogen (secondary N) is 1. The second-order valence-electron chi connectivity index (χ2n) is 5.76. The Morgan fingerprint density at radius 2 is 2.33 bits per heavy atom. The van der Waals surface area contributed by atoms with Gasteiger partial charge in [-0.25, -0.2) is 4.98 Å². The maximum atomic E-state index is 5.93. The molecule has 2 fully saturated rings. The minimum atomic E-state index is 0.119. The molecule has 2 aliphatic rings. The van der Waals surface area contributed by atoms with Crippen molar-refractivity contribution in [3.8, 4) is 0 Å². The standard InChI is InChI=1S/C15H25N3O2S/c1-3-18-6-7-20-13(9-18)15-17-12(10-19-2)14(21-15)8-16-11-4-5-11/h11,13,16H,3-10H2,1-2H3. The van der Waals surface area contributed by atoms with Crippen LogP contribution in [0.4, 0.5) is 0 Å². The first-order valence-corrected chi connectivity index (χ1v) is 8.66. The molecule has 118 valence electrons. The molecule has 0 aromatic carbocycles. The number of aromatic nitrogens is 1. The van der Waals surface area contributed by atoms with Crippen LogP contribution in [-0.4, -0.2) is 49.3 Å². The maximum Gasteiger partial charge on any atom is 0.124 e. The van der Waals surface area contributed by atoms with Gasteiger partial charge in [0.25, 0.3) is 0 Å². The van der Waals surface area contributed by atoms with Gasteiger partial charge in [-0.3, -0.25) is 4.90 Å². The summed E-state index contributed by atoms with van der Waals surface area (Å²) in [5, 5.41) is 4.68. The SMILES string of the molecule is CCN1CCOC(c2nc(COC)c(CNC3CC3)s2)C1. The first-order valence-electron chi connectivity index (χ1n) is 7.85. The van der Waals surface area contributed by atoms with Crippen molar-refractivity contribution in [2.45, 2.75) is 45.1 Å². The van der Waals surface area contributed by atoms with E-state index in [1.165, 1.54) is 17.7 Å². The number of morpholine rings is 1. The molecule has 3 rings (SSSR count). The van der Waals surface area contributed by atoms with Crippen molar-refractivity contribution in [2.75, 3.05) is 33.4 Å². The van der Waals surface area contributed by atoms with Crippen LogP contribution < -0.4 is 5.32 Å². The normalized spacial score (nSPS) is 23.6. The maximum absolute atomic E-state index is 5.93. The molecule has 1 unspecified atom stereocenters. The van der Waals surface area contributed by atoms with Gasteiger partial charge >= 0.3 is 0 Å². The summed E-state index contributed by atoms with van der Waals surface area (Å²) >= 11 is 1.78. The zero-order valence-corrected chi connectivity index (χ0v) is 13.7. The number of thiazole rings is 1. The topological polar surface area (TPSA) is 46.6 Å². The first kappa shape index (κ1) is 15.4. The lowest BCUT2D eigenvalue weighted by Gasteiger charge is -2.30. The highest BCUT2D eigenvalue weighted by Gasteiger charge is 2.26. The Kier molecular flexibility index (Phi) is 5.24. The summed E-state index contributed by atoms with van der Waals surface area (Å²) in [7, 11) is 1.73. The fraction of sp³-hybridized carbons (Fsp3) is 0.800. The number of nitrogens with zero attached hydrogens (tertiary/aromatic N) is 2. The molecule has 0 radical (unpaired) electrons. The van der Waals surface area contributed by atoms with Gasteiger partial charge in [0.05, 0.1) is 18.9 Å². The van der Waals surface area contributed by atoms with Crippen LogP contribution in [0.5, 0.6) is 0 Å². The van der Waals surface area contributed by atoms with Crippen molar-refractivity contribution in [2.24, 2.45) is 0 Å². The molecule has 1 saturated carbocycles. The molecule has 6 heteroatoms. The van der Waals surface area contributed by atoms with Gasteiger partial charge in [0.15, 0.2) is 0 Å². The van der Waals surface area contributed by atoms with Crippen LogP contribution in [0.15, 0.2) is 0 Å². The van der Waals surface area contributed by atoms with E-state index in [9.17, 15) is 0 Å². The molecule has 2 heterocycles. The van der Waals surface area contributed by atoms with E-state index in [4.69, 9.17) is 14.5 Å². The molecule has 21 heavy (non-hydrogen) atoms. The van der Waals surface area contributed by atoms with Crippen molar-refractivity contribution in [1.29, 1.82) is 0 Å². The lowest BCUT2D eigenvalue weighted by atomic mass is 10.3. The predicted octanol–water partition coefficient (Wildman–Crippen LogP) is 1.93. The molecule has 0 bridgehead atoms. The van der Waals surface area contributed by atoms with Gasteiger partial charge in [-0.15, -0.1) is 11.3 Å².